The lowest BCUT2D eigenvalue weighted by Gasteiger charge is -2.23. The van der Waals surface area contributed by atoms with E-state index in [9.17, 15) is 24.5 Å². The second-order valence-corrected chi connectivity index (χ2v) is 6.29. The molecule has 9 heteroatoms. The fraction of sp³-hybridized carbons (Fsp3) is 0.211. The van der Waals surface area contributed by atoms with Gasteiger partial charge in [0.05, 0.1) is 4.92 Å². The maximum absolute atomic E-state index is 12.8. The minimum absolute atomic E-state index is 0.0924. The molecular formula is C19H18N4O5. The Morgan fingerprint density at radius 2 is 1.64 bits per heavy atom. The Bertz CT molecular complexity index is 882. The average Bonchev–Trinajstić information content (AvgIpc) is 3.00. The van der Waals surface area contributed by atoms with Crippen molar-refractivity contribution < 1.29 is 19.3 Å². The van der Waals surface area contributed by atoms with E-state index in [1.54, 1.807) is 0 Å². The van der Waals surface area contributed by atoms with Crippen molar-refractivity contribution in [2.45, 2.75) is 25.3 Å². The van der Waals surface area contributed by atoms with Crippen LogP contribution in [0.1, 0.15) is 18.4 Å². The topological polar surface area (TPSA) is 122 Å². The van der Waals surface area contributed by atoms with Crippen LogP contribution in [0.25, 0.3) is 0 Å². The summed E-state index contributed by atoms with van der Waals surface area (Å²) in [6, 6.07) is 13.7. The molecule has 1 atom stereocenters. The molecule has 3 rings (SSSR count). The molecule has 0 aromatic heterocycles. The van der Waals surface area contributed by atoms with Crippen molar-refractivity contribution in [3.63, 3.8) is 0 Å². The Labute approximate surface area is 160 Å². The second kappa shape index (κ2) is 8.40. The molecule has 2 aromatic rings. The number of nitrogens with zero attached hydrogens (tertiary/aromatic N) is 2. The molecule has 0 aliphatic carbocycles. The van der Waals surface area contributed by atoms with Crippen LogP contribution in [0.5, 0.6) is 0 Å². The molecule has 3 amide bonds. The number of nitro benzene ring substituents is 1. The fourth-order valence-corrected chi connectivity index (χ4v) is 2.82. The van der Waals surface area contributed by atoms with Gasteiger partial charge in [0.15, 0.2) is 0 Å². The Morgan fingerprint density at radius 1 is 1.04 bits per heavy atom. The van der Waals surface area contributed by atoms with Crippen molar-refractivity contribution in [1.82, 2.24) is 10.4 Å². The number of carbonyl (C=O) groups excluding carboxylic acids is 3. The zero-order valence-corrected chi connectivity index (χ0v) is 14.8. The predicted molar refractivity (Wildman–Crippen MR) is 99.9 cm³/mol. The summed E-state index contributed by atoms with van der Waals surface area (Å²) in [5.41, 5.74) is 3.85. The number of benzene rings is 2. The third-order valence-corrected chi connectivity index (χ3v) is 4.28. The Kier molecular flexibility index (Phi) is 5.75. The zero-order chi connectivity index (χ0) is 20.1. The normalized spacial score (nSPS) is 14.8. The average molecular weight is 382 g/mol. The van der Waals surface area contributed by atoms with E-state index in [4.69, 9.17) is 0 Å². The van der Waals surface area contributed by atoms with Crippen LogP contribution in [-0.2, 0) is 20.8 Å². The van der Waals surface area contributed by atoms with Crippen LogP contribution >= 0.6 is 0 Å². The van der Waals surface area contributed by atoms with Gasteiger partial charge in [0.2, 0.25) is 17.7 Å². The Morgan fingerprint density at radius 3 is 2.21 bits per heavy atom. The first-order valence-corrected chi connectivity index (χ1v) is 8.65. The predicted octanol–water partition coefficient (Wildman–Crippen LogP) is 1.80. The van der Waals surface area contributed by atoms with Crippen LogP contribution in [-0.4, -0.2) is 33.7 Å². The number of hydrazine groups is 1. The number of hydrogen-bond donors (Lipinski definition) is 2. The summed E-state index contributed by atoms with van der Waals surface area (Å²) in [6.45, 7) is 0. The van der Waals surface area contributed by atoms with Gasteiger partial charge in [-0.25, -0.2) is 10.4 Å². The van der Waals surface area contributed by atoms with E-state index >= 15 is 0 Å². The molecule has 0 spiro atoms. The third-order valence-electron chi connectivity index (χ3n) is 4.28. The van der Waals surface area contributed by atoms with Gasteiger partial charge in [-0.2, -0.15) is 0 Å². The molecule has 0 saturated carbocycles. The van der Waals surface area contributed by atoms with Gasteiger partial charge in [0, 0.05) is 30.7 Å². The molecule has 9 nitrogen and oxygen atoms in total. The largest absolute Gasteiger partial charge is 0.325 e. The second-order valence-electron chi connectivity index (χ2n) is 6.29. The van der Waals surface area contributed by atoms with Gasteiger partial charge in [-0.3, -0.25) is 24.5 Å². The van der Waals surface area contributed by atoms with E-state index in [1.807, 2.05) is 30.3 Å². The highest BCUT2D eigenvalue weighted by Crippen LogP contribution is 2.17. The van der Waals surface area contributed by atoms with Crippen molar-refractivity contribution in [2.24, 2.45) is 0 Å². The van der Waals surface area contributed by atoms with Crippen LogP contribution in [0.2, 0.25) is 0 Å². The number of amides is 3. The van der Waals surface area contributed by atoms with Gasteiger partial charge in [-0.15, -0.1) is 0 Å². The van der Waals surface area contributed by atoms with E-state index in [-0.39, 0.29) is 36.8 Å². The minimum Gasteiger partial charge on any atom is -0.325 e. The van der Waals surface area contributed by atoms with Crippen molar-refractivity contribution >= 4 is 29.1 Å². The molecule has 0 bridgehead atoms. The zero-order valence-electron chi connectivity index (χ0n) is 14.8. The van der Waals surface area contributed by atoms with E-state index in [0.29, 0.717) is 5.69 Å². The summed E-state index contributed by atoms with van der Waals surface area (Å²) >= 11 is 0. The maximum atomic E-state index is 12.8. The van der Waals surface area contributed by atoms with Crippen LogP contribution < -0.4 is 10.7 Å². The summed E-state index contributed by atoms with van der Waals surface area (Å²) in [5.74, 6) is -1.23. The third kappa shape index (κ3) is 4.57. The first-order valence-electron chi connectivity index (χ1n) is 8.65. The number of hydrogen-bond acceptors (Lipinski definition) is 6. The number of imide groups is 1. The highest BCUT2D eigenvalue weighted by Gasteiger charge is 2.33. The van der Waals surface area contributed by atoms with Crippen molar-refractivity contribution in [2.75, 3.05) is 5.32 Å². The van der Waals surface area contributed by atoms with Gasteiger partial charge in [-0.05, 0) is 24.1 Å². The molecular weight excluding hydrogens is 364 g/mol. The van der Waals surface area contributed by atoms with Gasteiger partial charge < -0.3 is 5.32 Å². The lowest BCUT2D eigenvalue weighted by molar-refractivity contribution is -0.384. The highest BCUT2D eigenvalue weighted by molar-refractivity contribution is 6.02. The number of non-ortho nitro benzene ring substituents is 1. The molecule has 0 unspecified atom stereocenters. The summed E-state index contributed by atoms with van der Waals surface area (Å²) in [5, 5.41) is 14.3. The molecule has 1 aliphatic heterocycles. The lowest BCUT2D eigenvalue weighted by atomic mass is 10.1. The molecule has 1 saturated heterocycles. The van der Waals surface area contributed by atoms with Crippen LogP contribution in [0, 0.1) is 10.1 Å². The molecule has 1 aliphatic rings. The minimum atomic E-state index is -0.886. The summed E-state index contributed by atoms with van der Waals surface area (Å²) in [7, 11) is 0. The highest BCUT2D eigenvalue weighted by atomic mass is 16.6. The van der Waals surface area contributed by atoms with E-state index in [2.05, 4.69) is 10.7 Å². The van der Waals surface area contributed by atoms with Crippen molar-refractivity contribution in [3.8, 4) is 0 Å². The maximum Gasteiger partial charge on any atom is 0.269 e. The number of nitrogens with one attached hydrogen (secondary N) is 2. The molecule has 0 radical (unpaired) electrons. The van der Waals surface area contributed by atoms with Gasteiger partial charge in [0.25, 0.3) is 5.69 Å². The summed E-state index contributed by atoms with van der Waals surface area (Å²) in [4.78, 5) is 46.8. The number of anilines is 1. The van der Waals surface area contributed by atoms with Gasteiger partial charge in [-0.1, -0.05) is 30.3 Å². The fourth-order valence-electron chi connectivity index (χ4n) is 2.82. The number of carbonyl (C=O) groups is 3. The monoisotopic (exact) mass is 382 g/mol. The molecule has 144 valence electrons. The molecule has 2 aromatic carbocycles. The number of nitro groups is 1. The Hall–Kier alpha value is -3.59. The summed E-state index contributed by atoms with van der Waals surface area (Å²) in [6.07, 6.45) is 0.457. The molecule has 1 heterocycles. The smallest absolute Gasteiger partial charge is 0.269 e. The SMILES string of the molecule is O=C(Nc1ccc([N+](=O)[O-])cc1)[C@H](Cc1ccccc1)NN1C(=O)CCC1=O. The van der Waals surface area contributed by atoms with Crippen molar-refractivity contribution in [1.29, 1.82) is 0 Å². The van der Waals surface area contributed by atoms with Crippen LogP contribution in [0.3, 0.4) is 0 Å². The summed E-state index contributed by atoms with van der Waals surface area (Å²) < 4.78 is 0. The molecule has 28 heavy (non-hydrogen) atoms. The van der Waals surface area contributed by atoms with E-state index in [0.717, 1.165) is 10.6 Å². The van der Waals surface area contributed by atoms with Crippen LogP contribution in [0.15, 0.2) is 54.6 Å². The Balaban J connectivity index is 1.76. The lowest BCUT2D eigenvalue weighted by Crippen LogP contribution is -2.53. The molecule has 1 fully saturated rings. The van der Waals surface area contributed by atoms with E-state index in [1.165, 1.54) is 24.3 Å². The first-order chi connectivity index (χ1) is 13.4. The van der Waals surface area contributed by atoms with Gasteiger partial charge >= 0.3 is 0 Å². The number of rotatable bonds is 7. The van der Waals surface area contributed by atoms with Crippen molar-refractivity contribution in [3.05, 3.63) is 70.3 Å². The van der Waals surface area contributed by atoms with Crippen LogP contribution in [0.4, 0.5) is 11.4 Å². The molecule has 2 N–H and O–H groups in total. The standard InChI is InChI=1S/C19H18N4O5/c24-17-10-11-18(25)22(17)21-16(12-13-4-2-1-3-5-13)19(26)20-14-6-8-15(9-7-14)23(27)28/h1-9,16,21H,10-12H2,(H,20,26)/t16-/m0/s1. The quantitative estimate of drug-likeness (QED) is 0.428. The van der Waals surface area contributed by atoms with E-state index < -0.39 is 16.9 Å². The van der Waals surface area contributed by atoms with Gasteiger partial charge in [0.1, 0.15) is 6.04 Å². The first kappa shape index (κ1) is 19.2.